The van der Waals surface area contributed by atoms with Gasteiger partial charge in [0.15, 0.2) is 0 Å². The van der Waals surface area contributed by atoms with Crippen LogP contribution in [0.3, 0.4) is 0 Å². The van der Waals surface area contributed by atoms with Gasteiger partial charge in [-0.15, -0.1) is 0 Å². The number of carbonyl (C=O) groups excluding carboxylic acids is 2. The molecule has 3 aromatic carbocycles. The third-order valence-electron chi connectivity index (χ3n) is 4.38. The average Bonchev–Trinajstić information content (AvgIpc) is 2.69. The molecule has 0 radical (unpaired) electrons. The Labute approximate surface area is 163 Å². The van der Waals surface area contributed by atoms with E-state index in [-0.39, 0.29) is 11.8 Å². The first-order valence-corrected chi connectivity index (χ1v) is 8.93. The summed E-state index contributed by atoms with van der Waals surface area (Å²) in [4.78, 5) is 25.3. The molecule has 2 amide bonds. The summed E-state index contributed by atoms with van der Waals surface area (Å²) in [6, 6.07) is 19.9. The van der Waals surface area contributed by atoms with Crippen LogP contribution in [0.25, 0.3) is 0 Å². The van der Waals surface area contributed by atoms with E-state index in [2.05, 4.69) is 10.6 Å². The van der Waals surface area contributed by atoms with E-state index in [9.17, 15) is 14.0 Å². The van der Waals surface area contributed by atoms with Crippen LogP contribution in [0.5, 0.6) is 0 Å². The summed E-state index contributed by atoms with van der Waals surface area (Å²) >= 11 is 0. The Morgan fingerprint density at radius 3 is 1.46 bits per heavy atom. The topological polar surface area (TPSA) is 58.2 Å². The normalized spacial score (nSPS) is 10.6. The summed E-state index contributed by atoms with van der Waals surface area (Å²) in [5, 5.41) is 5.61. The molecule has 0 bridgehead atoms. The lowest BCUT2D eigenvalue weighted by molar-refractivity contribution is 0.0883. The van der Waals surface area contributed by atoms with Crippen LogP contribution in [-0.4, -0.2) is 11.8 Å². The summed E-state index contributed by atoms with van der Waals surface area (Å²) in [6.07, 6.45) is -0.803. The number of aryl methyl sites for hydroxylation is 2. The first-order chi connectivity index (χ1) is 13.4. The number of hydrogen-bond acceptors (Lipinski definition) is 2. The molecular formula is C23H21FN2O2. The molecule has 4 nitrogen and oxygen atoms in total. The SMILES string of the molecule is Cc1ccc(C(=O)NC(NC(=O)c2ccc(C)cc2)c2ccc(F)cc2)cc1. The molecule has 0 fully saturated rings. The fraction of sp³-hybridized carbons (Fsp3) is 0.130. The van der Waals surface area contributed by atoms with Gasteiger partial charge in [0, 0.05) is 11.1 Å². The Morgan fingerprint density at radius 1 is 0.679 bits per heavy atom. The summed E-state index contributed by atoms with van der Waals surface area (Å²) in [7, 11) is 0. The largest absolute Gasteiger partial charge is 0.328 e. The number of carbonyl (C=O) groups is 2. The van der Waals surface area contributed by atoms with Gasteiger partial charge in [-0.3, -0.25) is 9.59 Å². The monoisotopic (exact) mass is 376 g/mol. The summed E-state index contributed by atoms with van der Waals surface area (Å²) in [5.74, 6) is -1.06. The molecule has 0 aliphatic rings. The number of amides is 2. The van der Waals surface area contributed by atoms with Crippen LogP contribution in [0.2, 0.25) is 0 Å². The molecule has 3 rings (SSSR count). The van der Waals surface area contributed by atoms with E-state index in [1.54, 1.807) is 24.3 Å². The third-order valence-corrected chi connectivity index (χ3v) is 4.38. The predicted molar refractivity (Wildman–Crippen MR) is 106 cm³/mol. The lowest BCUT2D eigenvalue weighted by atomic mass is 10.1. The highest BCUT2D eigenvalue weighted by molar-refractivity contribution is 5.96. The van der Waals surface area contributed by atoms with Crippen LogP contribution in [0.4, 0.5) is 4.39 Å². The van der Waals surface area contributed by atoms with Gasteiger partial charge in [0.1, 0.15) is 12.0 Å². The highest BCUT2D eigenvalue weighted by Crippen LogP contribution is 2.14. The Kier molecular flexibility index (Phi) is 5.84. The Bertz CT molecular complexity index is 905. The van der Waals surface area contributed by atoms with Crippen LogP contribution in [0.1, 0.15) is 43.6 Å². The second-order valence-electron chi connectivity index (χ2n) is 6.66. The average molecular weight is 376 g/mol. The van der Waals surface area contributed by atoms with Crippen LogP contribution in [0, 0.1) is 19.7 Å². The number of benzene rings is 3. The summed E-state index contributed by atoms with van der Waals surface area (Å²) in [6.45, 7) is 3.87. The molecule has 3 aromatic rings. The minimum atomic E-state index is -0.803. The highest BCUT2D eigenvalue weighted by Gasteiger charge is 2.19. The van der Waals surface area contributed by atoms with E-state index >= 15 is 0 Å². The van der Waals surface area contributed by atoms with E-state index in [1.807, 2.05) is 38.1 Å². The van der Waals surface area contributed by atoms with E-state index in [0.717, 1.165) is 11.1 Å². The second-order valence-corrected chi connectivity index (χ2v) is 6.66. The van der Waals surface area contributed by atoms with Gasteiger partial charge in [0.05, 0.1) is 0 Å². The van der Waals surface area contributed by atoms with Crippen molar-refractivity contribution >= 4 is 11.8 Å². The Balaban J connectivity index is 1.83. The fourth-order valence-corrected chi connectivity index (χ4v) is 2.70. The Morgan fingerprint density at radius 2 is 1.07 bits per heavy atom. The van der Waals surface area contributed by atoms with Gasteiger partial charge in [-0.05, 0) is 55.8 Å². The quantitative estimate of drug-likeness (QED) is 0.652. The van der Waals surface area contributed by atoms with Crippen LogP contribution < -0.4 is 10.6 Å². The number of hydrogen-bond donors (Lipinski definition) is 2. The van der Waals surface area contributed by atoms with Crippen molar-refractivity contribution in [1.82, 2.24) is 10.6 Å². The minimum Gasteiger partial charge on any atom is -0.328 e. The van der Waals surface area contributed by atoms with Gasteiger partial charge >= 0.3 is 0 Å². The van der Waals surface area contributed by atoms with E-state index in [4.69, 9.17) is 0 Å². The lowest BCUT2D eigenvalue weighted by Crippen LogP contribution is -2.41. The maximum atomic E-state index is 13.3. The second kappa shape index (κ2) is 8.48. The smallest absolute Gasteiger partial charge is 0.253 e. The molecular weight excluding hydrogens is 355 g/mol. The zero-order valence-electron chi connectivity index (χ0n) is 15.7. The van der Waals surface area contributed by atoms with Crippen molar-refractivity contribution in [3.8, 4) is 0 Å². The maximum Gasteiger partial charge on any atom is 0.253 e. The van der Waals surface area contributed by atoms with E-state index in [1.165, 1.54) is 24.3 Å². The molecule has 5 heteroatoms. The molecule has 2 N–H and O–H groups in total. The fourth-order valence-electron chi connectivity index (χ4n) is 2.70. The molecule has 0 atom stereocenters. The standard InChI is InChI=1S/C23H21FN2O2/c1-15-3-7-18(8-4-15)22(27)25-21(17-11-13-20(24)14-12-17)26-23(28)19-9-5-16(2)6-10-19/h3-14,21H,1-2H3,(H,25,27)(H,26,28). The molecule has 0 aromatic heterocycles. The molecule has 0 aliphatic carbocycles. The van der Waals surface area contributed by atoms with Crippen molar-refractivity contribution in [2.45, 2.75) is 20.0 Å². The van der Waals surface area contributed by atoms with Crippen molar-refractivity contribution in [3.63, 3.8) is 0 Å². The summed E-state index contributed by atoms with van der Waals surface area (Å²) in [5.41, 5.74) is 3.60. The van der Waals surface area contributed by atoms with Crippen molar-refractivity contribution in [2.24, 2.45) is 0 Å². The number of nitrogens with one attached hydrogen (secondary N) is 2. The van der Waals surface area contributed by atoms with Gasteiger partial charge < -0.3 is 10.6 Å². The molecule has 28 heavy (non-hydrogen) atoms. The first kappa shape index (κ1) is 19.3. The molecule has 0 spiro atoms. The molecule has 0 heterocycles. The van der Waals surface area contributed by atoms with Gasteiger partial charge in [-0.25, -0.2) is 4.39 Å². The number of rotatable bonds is 5. The third kappa shape index (κ3) is 4.82. The molecule has 0 saturated heterocycles. The van der Waals surface area contributed by atoms with Gasteiger partial charge in [0.2, 0.25) is 0 Å². The molecule has 0 aliphatic heterocycles. The van der Waals surface area contributed by atoms with Crippen molar-refractivity contribution < 1.29 is 14.0 Å². The van der Waals surface area contributed by atoms with Crippen molar-refractivity contribution in [1.29, 1.82) is 0 Å². The van der Waals surface area contributed by atoms with Crippen molar-refractivity contribution in [2.75, 3.05) is 0 Å². The minimum absolute atomic E-state index is 0.335. The summed E-state index contributed by atoms with van der Waals surface area (Å²) < 4.78 is 13.3. The molecule has 0 saturated carbocycles. The predicted octanol–water partition coefficient (Wildman–Crippen LogP) is 4.30. The zero-order chi connectivity index (χ0) is 20.1. The number of halogens is 1. The van der Waals surface area contributed by atoms with Gasteiger partial charge in [-0.2, -0.15) is 0 Å². The highest BCUT2D eigenvalue weighted by atomic mass is 19.1. The van der Waals surface area contributed by atoms with Gasteiger partial charge in [-0.1, -0.05) is 47.5 Å². The van der Waals surface area contributed by atoms with Crippen LogP contribution in [0.15, 0.2) is 72.8 Å². The van der Waals surface area contributed by atoms with Crippen LogP contribution >= 0.6 is 0 Å². The van der Waals surface area contributed by atoms with E-state index in [0.29, 0.717) is 16.7 Å². The molecule has 142 valence electrons. The van der Waals surface area contributed by atoms with Crippen LogP contribution in [-0.2, 0) is 0 Å². The maximum absolute atomic E-state index is 13.3. The van der Waals surface area contributed by atoms with Crippen molar-refractivity contribution in [3.05, 3.63) is 106 Å². The van der Waals surface area contributed by atoms with E-state index < -0.39 is 12.0 Å². The first-order valence-electron chi connectivity index (χ1n) is 8.93. The Hall–Kier alpha value is -3.47. The zero-order valence-corrected chi connectivity index (χ0v) is 15.7. The molecule has 0 unspecified atom stereocenters. The lowest BCUT2D eigenvalue weighted by Gasteiger charge is -2.21. The van der Waals surface area contributed by atoms with Gasteiger partial charge in [0.25, 0.3) is 11.8 Å².